The molecule has 71 heavy (non-hydrogen) atoms. The Kier molecular flexibility index (Phi) is 11.6. The van der Waals surface area contributed by atoms with Gasteiger partial charge in [-0.1, -0.05) is 200 Å². The van der Waals surface area contributed by atoms with Gasteiger partial charge in [0.15, 0.2) is 0 Å². The van der Waals surface area contributed by atoms with E-state index in [0.717, 1.165) is 56.5 Å². The van der Waals surface area contributed by atoms with Crippen LogP contribution in [0.4, 0.5) is 34.1 Å². The number of hydrogen-bond acceptors (Lipinski definition) is 2. The topological polar surface area (TPSA) is 11.4 Å². The standard InChI is InChI=1S/C68H49N3/c1-7-19-50(20-8-1)52-31-38-60(39-32-52)70(63-46-44-62(45-47-63)69(58-27-15-5-16-28-58)59-29-17-6-18-30-59)61-40-35-54(36-41-61)57-37-48-66-65(49-57)67(55-23-11-3-12-24-55)68(56-25-13-4-14-26-56)71(66)64-42-33-53(34-43-64)51-21-9-2-10-22-51/h1-49H. The van der Waals surface area contributed by atoms with Crippen molar-refractivity contribution in [1.29, 1.82) is 0 Å². The average molecular weight is 908 g/mol. The summed E-state index contributed by atoms with van der Waals surface area (Å²) in [5.41, 5.74) is 20.6. The second-order valence-electron chi connectivity index (χ2n) is 17.8. The summed E-state index contributed by atoms with van der Waals surface area (Å²) in [5.74, 6) is 0. The molecule has 1 heterocycles. The Morgan fingerprint density at radius 2 is 0.521 bits per heavy atom. The number of aromatic nitrogens is 1. The molecule has 0 radical (unpaired) electrons. The molecule has 0 saturated carbocycles. The summed E-state index contributed by atoms with van der Waals surface area (Å²) in [4.78, 5) is 4.65. The number of anilines is 6. The highest BCUT2D eigenvalue weighted by Gasteiger charge is 2.23. The van der Waals surface area contributed by atoms with Gasteiger partial charge in [0.05, 0.1) is 11.2 Å². The summed E-state index contributed by atoms with van der Waals surface area (Å²) >= 11 is 0. The van der Waals surface area contributed by atoms with Gasteiger partial charge in [-0.3, -0.25) is 0 Å². The van der Waals surface area contributed by atoms with Crippen LogP contribution in [-0.2, 0) is 0 Å². The van der Waals surface area contributed by atoms with Gasteiger partial charge in [-0.2, -0.15) is 0 Å². The summed E-state index contributed by atoms with van der Waals surface area (Å²) < 4.78 is 2.44. The number of benzene rings is 11. The lowest BCUT2D eigenvalue weighted by Gasteiger charge is -2.28. The molecule has 1 aromatic heterocycles. The van der Waals surface area contributed by atoms with E-state index in [1.54, 1.807) is 0 Å². The first-order valence-corrected chi connectivity index (χ1v) is 24.3. The van der Waals surface area contributed by atoms with Crippen LogP contribution >= 0.6 is 0 Å². The third kappa shape index (κ3) is 8.58. The largest absolute Gasteiger partial charge is 0.311 e. The van der Waals surface area contributed by atoms with E-state index in [1.807, 2.05) is 0 Å². The molecule has 11 aromatic carbocycles. The maximum Gasteiger partial charge on any atom is 0.0619 e. The highest BCUT2D eigenvalue weighted by molar-refractivity contribution is 6.07. The third-order valence-electron chi connectivity index (χ3n) is 13.4. The normalized spacial score (nSPS) is 11.1. The van der Waals surface area contributed by atoms with Crippen molar-refractivity contribution in [2.24, 2.45) is 0 Å². The minimum Gasteiger partial charge on any atom is -0.311 e. The van der Waals surface area contributed by atoms with E-state index in [1.165, 1.54) is 50.0 Å². The van der Waals surface area contributed by atoms with Gasteiger partial charge in [-0.05, 0) is 142 Å². The van der Waals surface area contributed by atoms with Crippen LogP contribution in [0.2, 0.25) is 0 Å². The van der Waals surface area contributed by atoms with Crippen molar-refractivity contribution in [2.75, 3.05) is 9.80 Å². The molecule has 0 amide bonds. The second kappa shape index (κ2) is 19.3. The Balaban J connectivity index is 0.958. The summed E-state index contributed by atoms with van der Waals surface area (Å²) in [6, 6.07) is 107. The van der Waals surface area contributed by atoms with Gasteiger partial charge in [0.25, 0.3) is 0 Å². The molecule has 3 heteroatoms. The van der Waals surface area contributed by atoms with E-state index in [2.05, 4.69) is 312 Å². The Hall–Kier alpha value is -9.44. The van der Waals surface area contributed by atoms with Crippen LogP contribution in [0.5, 0.6) is 0 Å². The Morgan fingerprint density at radius 3 is 0.944 bits per heavy atom. The predicted octanol–water partition coefficient (Wildman–Crippen LogP) is 18.9. The van der Waals surface area contributed by atoms with Crippen molar-refractivity contribution >= 4 is 45.0 Å². The van der Waals surface area contributed by atoms with E-state index < -0.39 is 0 Å². The predicted molar refractivity (Wildman–Crippen MR) is 300 cm³/mol. The molecule has 0 saturated heterocycles. The first-order valence-electron chi connectivity index (χ1n) is 24.3. The van der Waals surface area contributed by atoms with Crippen molar-refractivity contribution in [3.05, 3.63) is 297 Å². The van der Waals surface area contributed by atoms with E-state index in [4.69, 9.17) is 0 Å². The Bertz CT molecular complexity index is 3630. The summed E-state index contributed by atoms with van der Waals surface area (Å²) in [6.45, 7) is 0. The number of nitrogens with zero attached hydrogens (tertiary/aromatic N) is 3. The number of fused-ring (bicyclic) bond motifs is 1. The smallest absolute Gasteiger partial charge is 0.0619 e. The number of para-hydroxylation sites is 2. The van der Waals surface area contributed by atoms with E-state index >= 15 is 0 Å². The molecule has 0 spiro atoms. The molecule has 0 aliphatic carbocycles. The minimum atomic E-state index is 1.07. The van der Waals surface area contributed by atoms with Crippen molar-refractivity contribution in [3.8, 4) is 61.5 Å². The van der Waals surface area contributed by atoms with Crippen LogP contribution in [0.15, 0.2) is 297 Å². The molecular weight excluding hydrogens is 859 g/mol. The lowest BCUT2D eigenvalue weighted by molar-refractivity contribution is 1.14. The molecule has 0 atom stereocenters. The molecule has 0 aliphatic rings. The quantitative estimate of drug-likeness (QED) is 0.121. The summed E-state index contributed by atoms with van der Waals surface area (Å²) in [5, 5.41) is 1.20. The third-order valence-corrected chi connectivity index (χ3v) is 13.4. The van der Waals surface area contributed by atoms with E-state index in [-0.39, 0.29) is 0 Å². The molecule has 0 bridgehead atoms. The summed E-state index contributed by atoms with van der Waals surface area (Å²) in [7, 11) is 0. The highest BCUT2D eigenvalue weighted by Crippen LogP contribution is 2.45. The minimum absolute atomic E-state index is 1.07. The molecule has 0 fully saturated rings. The molecule has 0 aliphatic heterocycles. The van der Waals surface area contributed by atoms with Crippen molar-refractivity contribution in [1.82, 2.24) is 4.57 Å². The van der Waals surface area contributed by atoms with Gasteiger partial charge in [0.2, 0.25) is 0 Å². The second-order valence-corrected chi connectivity index (χ2v) is 17.8. The highest BCUT2D eigenvalue weighted by atomic mass is 15.2. The van der Waals surface area contributed by atoms with E-state index in [0.29, 0.717) is 0 Å². The monoisotopic (exact) mass is 907 g/mol. The average Bonchev–Trinajstić information content (AvgIpc) is 3.80. The Labute approximate surface area is 416 Å². The van der Waals surface area contributed by atoms with Crippen LogP contribution < -0.4 is 9.80 Å². The zero-order valence-corrected chi connectivity index (χ0v) is 39.1. The van der Waals surface area contributed by atoms with Gasteiger partial charge in [-0.15, -0.1) is 0 Å². The lowest BCUT2D eigenvalue weighted by atomic mass is 9.96. The van der Waals surface area contributed by atoms with Crippen molar-refractivity contribution in [3.63, 3.8) is 0 Å². The number of rotatable bonds is 12. The van der Waals surface area contributed by atoms with E-state index in [9.17, 15) is 0 Å². The zero-order valence-electron chi connectivity index (χ0n) is 39.1. The van der Waals surface area contributed by atoms with Crippen LogP contribution in [0, 0.1) is 0 Å². The first kappa shape index (κ1) is 42.9. The maximum atomic E-state index is 2.44. The van der Waals surface area contributed by atoms with Gasteiger partial charge in [0.1, 0.15) is 0 Å². The molecule has 12 rings (SSSR count). The van der Waals surface area contributed by atoms with Gasteiger partial charge in [-0.25, -0.2) is 0 Å². The molecule has 12 aromatic rings. The Morgan fingerprint density at radius 1 is 0.225 bits per heavy atom. The fraction of sp³-hybridized carbons (Fsp3) is 0. The van der Waals surface area contributed by atoms with Crippen molar-refractivity contribution < 1.29 is 0 Å². The van der Waals surface area contributed by atoms with Crippen LogP contribution in [-0.4, -0.2) is 4.57 Å². The van der Waals surface area contributed by atoms with Crippen molar-refractivity contribution in [2.45, 2.75) is 0 Å². The SMILES string of the molecule is c1ccc(-c2ccc(N(c3ccc(-c4ccc5c(c4)c(-c4ccccc4)c(-c4ccccc4)n5-c4ccc(-c5ccccc5)cc4)cc3)c3ccc(N(c4ccccc4)c4ccccc4)cc3)cc2)cc1. The van der Waals surface area contributed by atoms with Gasteiger partial charge < -0.3 is 14.4 Å². The lowest BCUT2D eigenvalue weighted by Crippen LogP contribution is -2.12. The molecule has 0 unspecified atom stereocenters. The fourth-order valence-electron chi connectivity index (χ4n) is 9.97. The fourth-order valence-corrected chi connectivity index (χ4v) is 9.97. The van der Waals surface area contributed by atoms with Crippen LogP contribution in [0.3, 0.4) is 0 Å². The van der Waals surface area contributed by atoms with Crippen LogP contribution in [0.25, 0.3) is 72.4 Å². The molecule has 0 N–H and O–H groups in total. The molecule has 3 nitrogen and oxygen atoms in total. The zero-order chi connectivity index (χ0) is 47.3. The number of hydrogen-bond donors (Lipinski definition) is 0. The van der Waals surface area contributed by atoms with Gasteiger partial charge >= 0.3 is 0 Å². The molecular formula is C68H49N3. The molecule has 336 valence electrons. The first-order chi connectivity index (χ1) is 35.2. The van der Waals surface area contributed by atoms with Gasteiger partial charge in [0, 0.05) is 50.8 Å². The maximum absolute atomic E-state index is 2.44. The summed E-state index contributed by atoms with van der Waals surface area (Å²) in [6.07, 6.45) is 0. The van der Waals surface area contributed by atoms with Crippen LogP contribution in [0.1, 0.15) is 0 Å².